The van der Waals surface area contributed by atoms with Crippen LogP contribution in [0.3, 0.4) is 0 Å². The molecule has 1 atom stereocenters. The zero-order chi connectivity index (χ0) is 15.4. The molecule has 2 aromatic rings. The third kappa shape index (κ3) is 2.46. The molecule has 0 spiro atoms. The molecule has 1 aliphatic rings. The smallest absolute Gasteiger partial charge is 0.442 e. The van der Waals surface area contributed by atoms with E-state index in [9.17, 15) is 4.79 Å². The van der Waals surface area contributed by atoms with E-state index < -0.39 is 5.76 Å². The standard InChI is InChI=1S/C15H17ClN2O3/c1-8-5-9-6-10(16)11(7-12(9)20-8)18-14(19)21-13(17-18)15(2,3)4/h6-8H,5H2,1-4H3. The molecule has 2 heterocycles. The summed E-state index contributed by atoms with van der Waals surface area (Å²) >= 11 is 6.29. The minimum Gasteiger partial charge on any atom is -0.490 e. The average Bonchev–Trinajstić information content (AvgIpc) is 2.89. The lowest BCUT2D eigenvalue weighted by Crippen LogP contribution is -2.15. The van der Waals surface area contributed by atoms with Crippen LogP contribution in [0.15, 0.2) is 21.3 Å². The van der Waals surface area contributed by atoms with E-state index in [1.807, 2.05) is 33.8 Å². The van der Waals surface area contributed by atoms with Gasteiger partial charge in [0.05, 0.1) is 10.7 Å². The fourth-order valence-electron chi connectivity index (χ4n) is 2.32. The Morgan fingerprint density at radius 3 is 2.71 bits per heavy atom. The first kappa shape index (κ1) is 14.2. The zero-order valence-electron chi connectivity index (χ0n) is 12.4. The Bertz CT molecular complexity index is 755. The van der Waals surface area contributed by atoms with Gasteiger partial charge in [-0.3, -0.25) is 0 Å². The lowest BCUT2D eigenvalue weighted by atomic mass is 9.97. The third-order valence-electron chi connectivity index (χ3n) is 3.38. The van der Waals surface area contributed by atoms with Gasteiger partial charge in [0, 0.05) is 17.9 Å². The van der Waals surface area contributed by atoms with Crippen molar-refractivity contribution in [1.82, 2.24) is 9.78 Å². The van der Waals surface area contributed by atoms with Crippen molar-refractivity contribution < 1.29 is 9.15 Å². The van der Waals surface area contributed by atoms with Crippen LogP contribution < -0.4 is 10.5 Å². The predicted molar refractivity (Wildman–Crippen MR) is 79.6 cm³/mol. The summed E-state index contributed by atoms with van der Waals surface area (Å²) in [5.74, 6) is 0.570. The molecule has 1 aromatic heterocycles. The van der Waals surface area contributed by atoms with Gasteiger partial charge in [0.2, 0.25) is 5.89 Å². The van der Waals surface area contributed by atoms with E-state index in [4.69, 9.17) is 20.8 Å². The second-order valence-electron chi connectivity index (χ2n) is 6.38. The number of halogens is 1. The van der Waals surface area contributed by atoms with Crippen molar-refractivity contribution in [3.63, 3.8) is 0 Å². The fourth-order valence-corrected chi connectivity index (χ4v) is 2.58. The fraction of sp³-hybridized carbons (Fsp3) is 0.467. The molecule has 21 heavy (non-hydrogen) atoms. The van der Waals surface area contributed by atoms with Crippen LogP contribution in [0.25, 0.3) is 5.69 Å². The third-order valence-corrected chi connectivity index (χ3v) is 3.69. The summed E-state index contributed by atoms with van der Waals surface area (Å²) in [6.07, 6.45) is 0.932. The van der Waals surface area contributed by atoms with Gasteiger partial charge in [0.1, 0.15) is 11.9 Å². The summed E-state index contributed by atoms with van der Waals surface area (Å²) in [7, 11) is 0. The molecule has 3 rings (SSSR count). The average molecular weight is 309 g/mol. The number of rotatable bonds is 1. The topological polar surface area (TPSA) is 57.3 Å². The maximum Gasteiger partial charge on any atom is 0.442 e. The van der Waals surface area contributed by atoms with Gasteiger partial charge in [-0.2, -0.15) is 4.68 Å². The molecule has 1 aromatic carbocycles. The molecule has 112 valence electrons. The van der Waals surface area contributed by atoms with Gasteiger partial charge in [0.25, 0.3) is 0 Å². The van der Waals surface area contributed by atoms with E-state index in [0.717, 1.165) is 17.7 Å². The molecule has 6 heteroatoms. The van der Waals surface area contributed by atoms with Crippen LogP contribution in [0, 0.1) is 0 Å². The SMILES string of the molecule is CC1Cc2cc(Cl)c(-n3nc(C(C)(C)C)oc3=O)cc2O1. The van der Waals surface area contributed by atoms with E-state index in [-0.39, 0.29) is 11.5 Å². The van der Waals surface area contributed by atoms with Gasteiger partial charge in [-0.15, -0.1) is 5.10 Å². The highest BCUT2D eigenvalue weighted by atomic mass is 35.5. The molecule has 1 aliphatic heterocycles. The zero-order valence-corrected chi connectivity index (χ0v) is 13.2. The lowest BCUT2D eigenvalue weighted by Gasteiger charge is -2.11. The number of aromatic nitrogens is 2. The predicted octanol–water partition coefficient (Wildman–Crippen LogP) is 3.10. The van der Waals surface area contributed by atoms with E-state index >= 15 is 0 Å². The largest absolute Gasteiger partial charge is 0.490 e. The molecule has 0 saturated carbocycles. The first-order valence-electron chi connectivity index (χ1n) is 6.86. The van der Waals surface area contributed by atoms with Crippen LogP contribution in [0.2, 0.25) is 5.02 Å². The van der Waals surface area contributed by atoms with Gasteiger partial charge in [-0.05, 0) is 18.6 Å². The maximum atomic E-state index is 12.0. The number of fused-ring (bicyclic) bond motifs is 1. The number of hydrogen-bond acceptors (Lipinski definition) is 4. The minimum atomic E-state index is -0.548. The summed E-state index contributed by atoms with van der Waals surface area (Å²) in [6, 6.07) is 3.57. The molecule has 0 amide bonds. The van der Waals surface area contributed by atoms with Gasteiger partial charge < -0.3 is 9.15 Å². The first-order valence-corrected chi connectivity index (χ1v) is 7.23. The van der Waals surface area contributed by atoms with Crippen LogP contribution in [0.1, 0.15) is 39.1 Å². The summed E-state index contributed by atoms with van der Waals surface area (Å²) in [6.45, 7) is 7.78. The van der Waals surface area contributed by atoms with E-state index in [1.165, 1.54) is 4.68 Å². The van der Waals surface area contributed by atoms with Crippen molar-refractivity contribution in [1.29, 1.82) is 0 Å². The second-order valence-corrected chi connectivity index (χ2v) is 6.79. The molecular formula is C15H17ClN2O3. The number of nitrogens with zero attached hydrogens (tertiary/aromatic N) is 2. The Morgan fingerprint density at radius 2 is 2.10 bits per heavy atom. The summed E-state index contributed by atoms with van der Waals surface area (Å²) in [4.78, 5) is 12.0. The Balaban J connectivity index is 2.12. The maximum absolute atomic E-state index is 12.0. The molecule has 0 N–H and O–H groups in total. The number of ether oxygens (including phenoxy) is 1. The summed E-state index contributed by atoms with van der Waals surface area (Å²) in [5, 5.41) is 4.71. The van der Waals surface area contributed by atoms with Crippen LogP contribution in [0.5, 0.6) is 5.75 Å². The highest BCUT2D eigenvalue weighted by Crippen LogP contribution is 2.35. The number of hydrogen-bond donors (Lipinski definition) is 0. The molecule has 0 fully saturated rings. The Labute approximate surface area is 127 Å². The second kappa shape index (κ2) is 4.63. The molecule has 1 unspecified atom stereocenters. The Morgan fingerprint density at radius 1 is 1.38 bits per heavy atom. The Hall–Kier alpha value is -1.75. The monoisotopic (exact) mass is 308 g/mol. The summed E-state index contributed by atoms with van der Waals surface area (Å²) < 4.78 is 12.1. The Kier molecular flexibility index (Phi) is 3.13. The van der Waals surface area contributed by atoms with E-state index in [0.29, 0.717) is 16.6 Å². The summed E-state index contributed by atoms with van der Waals surface area (Å²) in [5.41, 5.74) is 1.18. The van der Waals surface area contributed by atoms with Crippen molar-refractivity contribution in [2.45, 2.75) is 45.6 Å². The van der Waals surface area contributed by atoms with Crippen LogP contribution in [-0.2, 0) is 11.8 Å². The van der Waals surface area contributed by atoms with Crippen LogP contribution in [0.4, 0.5) is 0 Å². The first-order chi connectivity index (χ1) is 9.75. The normalized spacial score (nSPS) is 17.7. The van der Waals surface area contributed by atoms with Crippen molar-refractivity contribution in [3.05, 3.63) is 39.2 Å². The minimum absolute atomic E-state index is 0.116. The molecule has 0 aliphatic carbocycles. The van der Waals surface area contributed by atoms with Gasteiger partial charge in [-0.25, -0.2) is 4.79 Å². The van der Waals surface area contributed by atoms with E-state index in [1.54, 1.807) is 6.07 Å². The lowest BCUT2D eigenvalue weighted by molar-refractivity contribution is 0.254. The number of benzene rings is 1. The molecule has 0 radical (unpaired) electrons. The highest BCUT2D eigenvalue weighted by molar-refractivity contribution is 6.32. The quantitative estimate of drug-likeness (QED) is 0.812. The highest BCUT2D eigenvalue weighted by Gasteiger charge is 2.26. The molecule has 0 saturated heterocycles. The van der Waals surface area contributed by atoms with Gasteiger partial charge >= 0.3 is 5.76 Å². The molecule has 0 bridgehead atoms. The van der Waals surface area contributed by atoms with Crippen molar-refractivity contribution in [2.24, 2.45) is 0 Å². The van der Waals surface area contributed by atoms with Crippen LogP contribution in [-0.4, -0.2) is 15.9 Å². The van der Waals surface area contributed by atoms with E-state index in [2.05, 4.69) is 5.10 Å². The van der Waals surface area contributed by atoms with Crippen molar-refractivity contribution in [3.8, 4) is 11.4 Å². The van der Waals surface area contributed by atoms with Crippen molar-refractivity contribution in [2.75, 3.05) is 0 Å². The molecule has 5 nitrogen and oxygen atoms in total. The van der Waals surface area contributed by atoms with Gasteiger partial charge in [0.15, 0.2) is 0 Å². The van der Waals surface area contributed by atoms with Crippen molar-refractivity contribution >= 4 is 11.6 Å². The van der Waals surface area contributed by atoms with Gasteiger partial charge in [-0.1, -0.05) is 32.4 Å². The molecular weight excluding hydrogens is 292 g/mol. The van der Waals surface area contributed by atoms with Crippen LogP contribution >= 0.6 is 11.6 Å².